The zero-order valence-electron chi connectivity index (χ0n) is 18.2. The third kappa shape index (κ3) is 5.32. The average Bonchev–Trinajstić information content (AvgIpc) is 2.70. The van der Waals surface area contributed by atoms with Gasteiger partial charge in [-0.05, 0) is 53.1 Å². The molecule has 0 heterocycles. The van der Waals surface area contributed by atoms with Crippen LogP contribution in [-0.4, -0.2) is 14.2 Å². The minimum Gasteiger partial charge on any atom is -0.497 e. The van der Waals surface area contributed by atoms with Crippen LogP contribution in [0.5, 0.6) is 5.75 Å². The fourth-order valence-corrected chi connectivity index (χ4v) is 3.18. The van der Waals surface area contributed by atoms with E-state index in [0.717, 1.165) is 24.0 Å². The fourth-order valence-electron chi connectivity index (χ4n) is 3.18. The van der Waals surface area contributed by atoms with Gasteiger partial charge in [-0.3, -0.25) is 0 Å². The molecule has 0 bridgehead atoms. The van der Waals surface area contributed by atoms with Gasteiger partial charge in [0.15, 0.2) is 0 Å². The fraction of sp³-hybridized carbons (Fsp3) is 0.500. The maximum Gasteiger partial charge on any atom is 0.131 e. The van der Waals surface area contributed by atoms with Crippen molar-refractivity contribution in [2.75, 3.05) is 14.2 Å². The lowest BCUT2D eigenvalue weighted by Gasteiger charge is -2.34. The second-order valence-electron chi connectivity index (χ2n) is 7.08. The van der Waals surface area contributed by atoms with Crippen molar-refractivity contribution in [1.29, 1.82) is 0 Å². The molecule has 0 aliphatic rings. The Bertz CT molecular complexity index is 722. The largest absolute Gasteiger partial charge is 0.497 e. The zero-order valence-corrected chi connectivity index (χ0v) is 18.2. The number of hydrogen-bond donors (Lipinski definition) is 0. The molecule has 1 atom stereocenters. The van der Waals surface area contributed by atoms with Crippen molar-refractivity contribution in [3.8, 4) is 16.9 Å². The Kier molecular flexibility index (Phi) is 8.98. The van der Waals surface area contributed by atoms with Crippen LogP contribution in [0.1, 0.15) is 65.2 Å². The Morgan fingerprint density at radius 1 is 0.963 bits per heavy atom. The van der Waals surface area contributed by atoms with E-state index in [2.05, 4.69) is 39.8 Å². The van der Waals surface area contributed by atoms with Crippen LogP contribution in [0.25, 0.3) is 11.1 Å². The quantitative estimate of drug-likeness (QED) is 0.509. The highest BCUT2D eigenvalue weighted by Gasteiger charge is 2.31. The molecular weight excluding hydrogens is 339 g/mol. The number of methoxy groups -OCH3 is 2. The summed E-state index contributed by atoms with van der Waals surface area (Å²) >= 11 is 0. The summed E-state index contributed by atoms with van der Waals surface area (Å²) in [6.07, 6.45) is 1.77. The smallest absolute Gasteiger partial charge is 0.131 e. The summed E-state index contributed by atoms with van der Waals surface area (Å²) < 4.78 is 25.8. The van der Waals surface area contributed by atoms with Crippen molar-refractivity contribution < 1.29 is 13.9 Å². The average molecular weight is 375 g/mol. The highest BCUT2D eigenvalue weighted by Crippen LogP contribution is 2.43. The normalized spacial score (nSPS) is 12.2. The van der Waals surface area contributed by atoms with E-state index >= 15 is 0 Å². The summed E-state index contributed by atoms with van der Waals surface area (Å²) in [6.45, 7) is 12.6. The molecule has 150 valence electrons. The number of hydrogen-bond acceptors (Lipinski definition) is 2. The third-order valence-corrected chi connectivity index (χ3v) is 5.13. The molecule has 0 amide bonds. The molecule has 2 aromatic carbocycles. The first-order valence-electron chi connectivity index (χ1n) is 9.87. The van der Waals surface area contributed by atoms with Crippen molar-refractivity contribution in [1.82, 2.24) is 0 Å². The highest BCUT2D eigenvalue weighted by atomic mass is 19.1. The number of benzene rings is 2. The molecule has 0 saturated heterocycles. The third-order valence-electron chi connectivity index (χ3n) is 5.13. The first-order valence-corrected chi connectivity index (χ1v) is 9.87. The molecule has 0 aromatic heterocycles. The summed E-state index contributed by atoms with van der Waals surface area (Å²) in [5, 5.41) is 0. The molecule has 1 unspecified atom stereocenters. The molecular formula is C24H35FO2. The highest BCUT2D eigenvalue weighted by molar-refractivity contribution is 5.70. The van der Waals surface area contributed by atoms with Crippen LogP contribution in [0.3, 0.4) is 0 Å². The van der Waals surface area contributed by atoms with E-state index in [1.165, 1.54) is 11.6 Å². The first-order chi connectivity index (χ1) is 12.9. The summed E-state index contributed by atoms with van der Waals surface area (Å²) in [6, 6.07) is 11.1. The van der Waals surface area contributed by atoms with Crippen LogP contribution in [-0.2, 0) is 11.2 Å². The Hall–Kier alpha value is -1.87. The molecule has 0 N–H and O–H groups in total. The van der Waals surface area contributed by atoms with Gasteiger partial charge in [0, 0.05) is 12.7 Å². The van der Waals surface area contributed by atoms with Gasteiger partial charge >= 0.3 is 0 Å². The standard InChI is InChI=1S/C22H29FO2.C2H6/c1-7-15-9-11-17(18-14-16(24-5)10-12-20(18)23)19(13-15)21(25-6)22(3,4)8-2;1-2/h9-14,21H,7-8H2,1-6H3;1-2H3. The molecule has 0 aliphatic carbocycles. The minimum atomic E-state index is -0.254. The van der Waals surface area contributed by atoms with Gasteiger partial charge < -0.3 is 9.47 Å². The van der Waals surface area contributed by atoms with Gasteiger partial charge in [-0.15, -0.1) is 0 Å². The van der Waals surface area contributed by atoms with Gasteiger partial charge in [0.25, 0.3) is 0 Å². The molecule has 2 nitrogen and oxygen atoms in total. The van der Waals surface area contributed by atoms with Gasteiger partial charge in [0.05, 0.1) is 13.2 Å². The minimum absolute atomic E-state index is 0.0643. The predicted molar refractivity (Wildman–Crippen MR) is 113 cm³/mol. The number of ether oxygens (including phenoxy) is 2. The monoisotopic (exact) mass is 374 g/mol. The zero-order chi connectivity index (χ0) is 20.6. The SMILES string of the molecule is CC.CCc1ccc(-c2cc(OC)ccc2F)c(C(OC)C(C)(C)CC)c1. The van der Waals surface area contributed by atoms with Crippen molar-refractivity contribution in [3.05, 3.63) is 53.3 Å². The van der Waals surface area contributed by atoms with Crippen molar-refractivity contribution in [2.45, 2.75) is 60.5 Å². The molecule has 0 spiro atoms. The van der Waals surface area contributed by atoms with E-state index in [0.29, 0.717) is 11.3 Å². The van der Waals surface area contributed by atoms with Crippen LogP contribution >= 0.6 is 0 Å². The van der Waals surface area contributed by atoms with Gasteiger partial charge in [-0.2, -0.15) is 0 Å². The number of aryl methyl sites for hydroxylation is 1. The topological polar surface area (TPSA) is 18.5 Å². The van der Waals surface area contributed by atoms with Crippen LogP contribution in [0.4, 0.5) is 4.39 Å². The van der Waals surface area contributed by atoms with Gasteiger partial charge in [0.1, 0.15) is 11.6 Å². The van der Waals surface area contributed by atoms with E-state index in [4.69, 9.17) is 9.47 Å². The lowest BCUT2D eigenvalue weighted by atomic mass is 9.77. The molecule has 0 fully saturated rings. The second-order valence-corrected chi connectivity index (χ2v) is 7.08. The number of rotatable bonds is 7. The molecule has 0 radical (unpaired) electrons. The Labute approximate surface area is 164 Å². The van der Waals surface area contributed by atoms with E-state index in [-0.39, 0.29) is 17.3 Å². The molecule has 2 aromatic rings. The van der Waals surface area contributed by atoms with E-state index in [1.54, 1.807) is 26.4 Å². The maximum absolute atomic E-state index is 14.6. The summed E-state index contributed by atoms with van der Waals surface area (Å²) in [4.78, 5) is 0. The van der Waals surface area contributed by atoms with Crippen molar-refractivity contribution in [3.63, 3.8) is 0 Å². The van der Waals surface area contributed by atoms with E-state index in [1.807, 2.05) is 19.9 Å². The number of halogens is 1. The lowest BCUT2D eigenvalue weighted by molar-refractivity contribution is 0.00327. The Balaban J connectivity index is 0.00000176. The Morgan fingerprint density at radius 3 is 2.15 bits per heavy atom. The van der Waals surface area contributed by atoms with Crippen LogP contribution in [0.2, 0.25) is 0 Å². The summed E-state index contributed by atoms with van der Waals surface area (Å²) in [5.41, 5.74) is 3.59. The van der Waals surface area contributed by atoms with E-state index in [9.17, 15) is 4.39 Å². The van der Waals surface area contributed by atoms with Crippen LogP contribution in [0, 0.1) is 11.2 Å². The second kappa shape index (κ2) is 10.5. The van der Waals surface area contributed by atoms with Crippen molar-refractivity contribution >= 4 is 0 Å². The molecule has 0 aliphatic heterocycles. The van der Waals surface area contributed by atoms with E-state index < -0.39 is 0 Å². The van der Waals surface area contributed by atoms with Gasteiger partial charge in [-0.1, -0.05) is 59.7 Å². The molecule has 3 heteroatoms. The molecule has 27 heavy (non-hydrogen) atoms. The van der Waals surface area contributed by atoms with Crippen molar-refractivity contribution in [2.24, 2.45) is 5.41 Å². The van der Waals surface area contributed by atoms with Gasteiger partial charge in [0.2, 0.25) is 0 Å². The Morgan fingerprint density at radius 2 is 1.63 bits per heavy atom. The summed E-state index contributed by atoms with van der Waals surface area (Å²) in [5.74, 6) is 0.390. The first kappa shape index (κ1) is 23.2. The van der Waals surface area contributed by atoms with Gasteiger partial charge in [-0.25, -0.2) is 4.39 Å². The molecule has 2 rings (SSSR count). The maximum atomic E-state index is 14.6. The van der Waals surface area contributed by atoms with Crippen LogP contribution in [0.15, 0.2) is 36.4 Å². The lowest BCUT2D eigenvalue weighted by Crippen LogP contribution is -2.23. The van der Waals surface area contributed by atoms with Crippen LogP contribution < -0.4 is 4.74 Å². The predicted octanol–water partition coefficient (Wildman–Crippen LogP) is 7.21. The summed E-state index contributed by atoms with van der Waals surface area (Å²) in [7, 11) is 3.32. The molecule has 0 saturated carbocycles.